The van der Waals surface area contributed by atoms with Gasteiger partial charge in [0, 0.05) is 11.6 Å². The van der Waals surface area contributed by atoms with Crippen LogP contribution in [0.3, 0.4) is 0 Å². The number of ketones is 1. The first-order valence-electron chi connectivity index (χ1n) is 7.12. The molecule has 0 bridgehead atoms. The highest BCUT2D eigenvalue weighted by molar-refractivity contribution is 6.07. The molecular formula is C18H15NO4. The minimum Gasteiger partial charge on any atom is -0.454 e. The van der Waals surface area contributed by atoms with Crippen molar-refractivity contribution < 1.29 is 19.1 Å². The SMILES string of the molecule is CC(=O)c1ccccc1NC(=O)/C=C/c1ccc2c(c1)OCO2. The number of rotatable bonds is 4. The number of ether oxygens (including phenoxy) is 2. The molecule has 1 amide bonds. The minimum absolute atomic E-state index is 0.0966. The van der Waals surface area contributed by atoms with Crippen LogP contribution in [0.2, 0.25) is 0 Å². The Morgan fingerprint density at radius 1 is 1.09 bits per heavy atom. The van der Waals surface area contributed by atoms with E-state index in [0.29, 0.717) is 22.7 Å². The van der Waals surface area contributed by atoms with Crippen LogP contribution in [0.5, 0.6) is 11.5 Å². The number of benzene rings is 2. The molecule has 0 radical (unpaired) electrons. The standard InChI is InChI=1S/C18H15NO4/c1-12(20)14-4-2-3-5-15(14)19-18(21)9-7-13-6-8-16-17(10-13)23-11-22-16/h2-10H,11H2,1H3,(H,19,21)/b9-7+. The van der Waals surface area contributed by atoms with Crippen LogP contribution in [0.1, 0.15) is 22.8 Å². The lowest BCUT2D eigenvalue weighted by Crippen LogP contribution is -2.11. The molecule has 23 heavy (non-hydrogen) atoms. The van der Waals surface area contributed by atoms with Gasteiger partial charge in [0.2, 0.25) is 12.7 Å². The molecule has 1 heterocycles. The smallest absolute Gasteiger partial charge is 0.248 e. The second kappa shape index (κ2) is 6.36. The van der Waals surface area contributed by atoms with E-state index in [9.17, 15) is 9.59 Å². The third kappa shape index (κ3) is 3.40. The molecule has 0 fully saturated rings. The number of nitrogens with one attached hydrogen (secondary N) is 1. The maximum atomic E-state index is 12.0. The minimum atomic E-state index is -0.309. The zero-order chi connectivity index (χ0) is 16.2. The molecule has 116 valence electrons. The largest absolute Gasteiger partial charge is 0.454 e. The lowest BCUT2D eigenvalue weighted by atomic mass is 10.1. The Hall–Kier alpha value is -3.08. The fourth-order valence-electron chi connectivity index (χ4n) is 2.26. The molecule has 2 aromatic carbocycles. The number of hydrogen-bond donors (Lipinski definition) is 1. The second-order valence-corrected chi connectivity index (χ2v) is 5.04. The number of para-hydroxylation sites is 1. The van der Waals surface area contributed by atoms with Gasteiger partial charge in [0.05, 0.1) is 5.69 Å². The first kappa shape index (κ1) is 14.8. The molecule has 0 spiro atoms. The van der Waals surface area contributed by atoms with Gasteiger partial charge in [0.15, 0.2) is 17.3 Å². The van der Waals surface area contributed by atoms with Gasteiger partial charge in [-0.2, -0.15) is 0 Å². The molecule has 0 aliphatic carbocycles. The molecule has 1 aliphatic rings. The van der Waals surface area contributed by atoms with Gasteiger partial charge in [0.25, 0.3) is 0 Å². The van der Waals surface area contributed by atoms with Crippen LogP contribution in [-0.2, 0) is 4.79 Å². The molecule has 0 aromatic heterocycles. The third-order valence-corrected chi connectivity index (χ3v) is 3.39. The monoisotopic (exact) mass is 309 g/mol. The molecule has 0 unspecified atom stereocenters. The highest BCUT2D eigenvalue weighted by Gasteiger charge is 2.12. The van der Waals surface area contributed by atoms with Crippen LogP contribution in [0.15, 0.2) is 48.5 Å². The summed E-state index contributed by atoms with van der Waals surface area (Å²) in [6.45, 7) is 1.68. The quantitative estimate of drug-likeness (QED) is 0.695. The Morgan fingerprint density at radius 3 is 2.70 bits per heavy atom. The zero-order valence-electron chi connectivity index (χ0n) is 12.5. The van der Waals surface area contributed by atoms with Crippen molar-refractivity contribution in [3.63, 3.8) is 0 Å². The van der Waals surface area contributed by atoms with Crippen molar-refractivity contribution in [3.05, 3.63) is 59.7 Å². The molecule has 2 aromatic rings. The predicted molar refractivity (Wildman–Crippen MR) is 86.7 cm³/mol. The van der Waals surface area contributed by atoms with Crippen molar-refractivity contribution in [3.8, 4) is 11.5 Å². The number of hydrogen-bond acceptors (Lipinski definition) is 4. The lowest BCUT2D eigenvalue weighted by Gasteiger charge is -2.06. The van der Waals surface area contributed by atoms with Crippen molar-refractivity contribution in [1.29, 1.82) is 0 Å². The van der Waals surface area contributed by atoms with Gasteiger partial charge < -0.3 is 14.8 Å². The van der Waals surface area contributed by atoms with Crippen molar-refractivity contribution in [1.82, 2.24) is 0 Å². The molecular weight excluding hydrogens is 294 g/mol. The van der Waals surface area contributed by atoms with Crippen molar-refractivity contribution in [2.45, 2.75) is 6.92 Å². The van der Waals surface area contributed by atoms with Gasteiger partial charge in [-0.25, -0.2) is 0 Å². The van der Waals surface area contributed by atoms with Crippen LogP contribution in [0.4, 0.5) is 5.69 Å². The Balaban J connectivity index is 1.71. The van der Waals surface area contributed by atoms with Gasteiger partial charge in [-0.15, -0.1) is 0 Å². The van der Waals surface area contributed by atoms with E-state index in [1.54, 1.807) is 42.5 Å². The average Bonchev–Trinajstić information content (AvgIpc) is 3.01. The Kier molecular flexibility index (Phi) is 4.10. The predicted octanol–water partition coefficient (Wildman–Crippen LogP) is 3.27. The molecule has 3 rings (SSSR count). The van der Waals surface area contributed by atoms with Crippen LogP contribution < -0.4 is 14.8 Å². The van der Waals surface area contributed by atoms with Gasteiger partial charge in [-0.3, -0.25) is 9.59 Å². The topological polar surface area (TPSA) is 64.6 Å². The van der Waals surface area contributed by atoms with Crippen molar-refractivity contribution >= 4 is 23.5 Å². The molecule has 0 saturated carbocycles. The Morgan fingerprint density at radius 2 is 1.87 bits per heavy atom. The Labute approximate surface area is 133 Å². The normalized spacial score (nSPS) is 12.4. The summed E-state index contributed by atoms with van der Waals surface area (Å²) in [7, 11) is 0. The summed E-state index contributed by atoms with van der Waals surface area (Å²) in [5.74, 6) is 0.952. The van der Waals surface area contributed by atoms with Gasteiger partial charge in [0.1, 0.15) is 0 Å². The molecule has 1 aliphatic heterocycles. The number of anilines is 1. The van der Waals surface area contributed by atoms with E-state index >= 15 is 0 Å². The summed E-state index contributed by atoms with van der Waals surface area (Å²) < 4.78 is 10.5. The van der Waals surface area contributed by atoms with Crippen LogP contribution in [0.25, 0.3) is 6.08 Å². The lowest BCUT2D eigenvalue weighted by molar-refractivity contribution is -0.111. The fraction of sp³-hybridized carbons (Fsp3) is 0.111. The van der Waals surface area contributed by atoms with E-state index in [-0.39, 0.29) is 18.5 Å². The number of amides is 1. The number of carbonyl (C=O) groups is 2. The maximum absolute atomic E-state index is 12.0. The Bertz CT molecular complexity index is 795. The highest BCUT2D eigenvalue weighted by atomic mass is 16.7. The van der Waals surface area contributed by atoms with Crippen LogP contribution >= 0.6 is 0 Å². The van der Waals surface area contributed by atoms with E-state index in [0.717, 1.165) is 5.56 Å². The van der Waals surface area contributed by atoms with Crippen molar-refractivity contribution in [2.24, 2.45) is 0 Å². The molecule has 0 atom stereocenters. The van der Waals surface area contributed by atoms with E-state index in [4.69, 9.17) is 9.47 Å². The van der Waals surface area contributed by atoms with Gasteiger partial charge in [-0.05, 0) is 42.8 Å². The van der Waals surface area contributed by atoms with E-state index in [1.165, 1.54) is 13.0 Å². The first-order chi connectivity index (χ1) is 11.1. The van der Waals surface area contributed by atoms with Crippen LogP contribution in [0, 0.1) is 0 Å². The summed E-state index contributed by atoms with van der Waals surface area (Å²) in [5.41, 5.74) is 1.81. The van der Waals surface area contributed by atoms with Crippen LogP contribution in [-0.4, -0.2) is 18.5 Å². The average molecular weight is 309 g/mol. The van der Waals surface area contributed by atoms with E-state index < -0.39 is 0 Å². The van der Waals surface area contributed by atoms with Crippen molar-refractivity contribution in [2.75, 3.05) is 12.1 Å². The summed E-state index contributed by atoms with van der Waals surface area (Å²) in [4.78, 5) is 23.6. The molecule has 5 heteroatoms. The summed E-state index contributed by atoms with van der Waals surface area (Å²) in [6.07, 6.45) is 3.09. The zero-order valence-corrected chi connectivity index (χ0v) is 12.5. The summed E-state index contributed by atoms with van der Waals surface area (Å²) in [5, 5.41) is 2.71. The van der Waals surface area contributed by atoms with Gasteiger partial charge in [-0.1, -0.05) is 18.2 Å². The molecule has 0 saturated heterocycles. The molecule has 5 nitrogen and oxygen atoms in total. The summed E-state index contributed by atoms with van der Waals surface area (Å²) >= 11 is 0. The summed E-state index contributed by atoms with van der Waals surface area (Å²) in [6, 6.07) is 12.3. The fourth-order valence-corrected chi connectivity index (χ4v) is 2.26. The highest BCUT2D eigenvalue weighted by Crippen LogP contribution is 2.32. The second-order valence-electron chi connectivity index (χ2n) is 5.04. The number of Topliss-reactive ketones (excluding diaryl/α,β-unsaturated/α-hetero) is 1. The number of carbonyl (C=O) groups excluding carboxylic acids is 2. The van der Waals surface area contributed by atoms with E-state index in [2.05, 4.69) is 5.32 Å². The maximum Gasteiger partial charge on any atom is 0.248 e. The van der Waals surface area contributed by atoms with E-state index in [1.807, 2.05) is 6.07 Å². The first-order valence-corrected chi connectivity index (χ1v) is 7.12. The third-order valence-electron chi connectivity index (χ3n) is 3.39. The molecule has 1 N–H and O–H groups in total. The number of fused-ring (bicyclic) bond motifs is 1. The van der Waals surface area contributed by atoms with Gasteiger partial charge >= 0.3 is 0 Å².